The van der Waals surface area contributed by atoms with Crippen LogP contribution in [0.2, 0.25) is 5.02 Å². The molecule has 0 aliphatic carbocycles. The minimum Gasteiger partial charge on any atom is -0.495 e. The Balaban J connectivity index is 1.59. The number of hydrogen-bond donors (Lipinski definition) is 1. The van der Waals surface area contributed by atoms with Gasteiger partial charge in [0.25, 0.3) is 0 Å². The lowest BCUT2D eigenvalue weighted by atomic mass is 10.1. The van der Waals surface area contributed by atoms with Gasteiger partial charge >= 0.3 is 5.56 Å². The van der Waals surface area contributed by atoms with Crippen LogP contribution in [0.25, 0.3) is 0 Å². The van der Waals surface area contributed by atoms with E-state index < -0.39 is 6.23 Å². The summed E-state index contributed by atoms with van der Waals surface area (Å²) in [7, 11) is 1.56. The lowest BCUT2D eigenvalue weighted by Gasteiger charge is -2.35. The van der Waals surface area contributed by atoms with Crippen molar-refractivity contribution in [1.29, 1.82) is 0 Å². The van der Waals surface area contributed by atoms with Gasteiger partial charge in [-0.05, 0) is 43.4 Å². The smallest absolute Gasteiger partial charge is 0.313 e. The van der Waals surface area contributed by atoms with Crippen LogP contribution in [0.5, 0.6) is 11.5 Å². The number of aliphatic hydroxyl groups excluding tert-OH is 1. The highest BCUT2D eigenvalue weighted by molar-refractivity contribution is 9.10. The van der Waals surface area contributed by atoms with Crippen molar-refractivity contribution in [2.24, 2.45) is 0 Å². The summed E-state index contributed by atoms with van der Waals surface area (Å²) in [5.41, 5.74) is 1.10. The topological polar surface area (TPSA) is 86.0 Å². The maximum atomic E-state index is 13.0. The third kappa shape index (κ3) is 4.16. The molecule has 4 rings (SSSR count). The zero-order chi connectivity index (χ0) is 21.3. The molecule has 2 aliphatic heterocycles. The molecule has 30 heavy (non-hydrogen) atoms. The molecule has 1 aromatic carbocycles. The molecule has 1 N–H and O–H groups in total. The molecule has 2 aliphatic rings. The highest BCUT2D eigenvalue weighted by Gasteiger charge is 2.31. The molecule has 1 fully saturated rings. The van der Waals surface area contributed by atoms with E-state index in [0.29, 0.717) is 36.0 Å². The van der Waals surface area contributed by atoms with Crippen LogP contribution in [-0.4, -0.2) is 48.0 Å². The van der Waals surface area contributed by atoms with Crippen LogP contribution in [0.3, 0.4) is 0 Å². The Kier molecular flexibility index (Phi) is 6.52. The summed E-state index contributed by atoms with van der Waals surface area (Å²) < 4.78 is 18.8. The van der Waals surface area contributed by atoms with Gasteiger partial charge in [0, 0.05) is 17.6 Å². The highest BCUT2D eigenvalue weighted by atomic mass is 79.9. The van der Waals surface area contributed by atoms with E-state index in [-0.39, 0.29) is 24.1 Å². The van der Waals surface area contributed by atoms with E-state index in [1.807, 2.05) is 6.07 Å². The molecule has 0 saturated carbocycles. The van der Waals surface area contributed by atoms with Gasteiger partial charge in [-0.3, -0.25) is 4.79 Å². The van der Waals surface area contributed by atoms with Gasteiger partial charge in [0.2, 0.25) is 5.75 Å². The minimum absolute atomic E-state index is 0.00286. The number of nitrogens with zero attached hydrogens (tertiary/aromatic N) is 3. The van der Waals surface area contributed by atoms with Crippen molar-refractivity contribution in [2.45, 2.75) is 38.1 Å². The first-order valence-electron chi connectivity index (χ1n) is 9.82. The fourth-order valence-electron chi connectivity index (χ4n) is 3.74. The second-order valence-electron chi connectivity index (χ2n) is 7.24. The molecule has 0 spiro atoms. The number of benzene rings is 1. The average molecular weight is 501 g/mol. The van der Waals surface area contributed by atoms with Crippen LogP contribution in [-0.2, 0) is 11.2 Å². The monoisotopic (exact) mass is 499 g/mol. The lowest BCUT2D eigenvalue weighted by Crippen LogP contribution is -2.46. The van der Waals surface area contributed by atoms with Crippen molar-refractivity contribution in [2.75, 3.05) is 31.8 Å². The Labute approximate surface area is 187 Å². The number of aliphatic hydroxyl groups is 1. The quantitative estimate of drug-likeness (QED) is 0.675. The molecule has 3 heterocycles. The maximum Gasteiger partial charge on any atom is 0.313 e. The SMILES string of the molecule is COc1cc(CCN2c3cnn(C4CCCCO4)c(=O)c3OCC2O)c(Br)cc1Cl. The largest absolute Gasteiger partial charge is 0.495 e. The van der Waals surface area contributed by atoms with E-state index in [9.17, 15) is 9.90 Å². The molecule has 0 bridgehead atoms. The Morgan fingerprint density at radius 2 is 2.23 bits per heavy atom. The zero-order valence-electron chi connectivity index (χ0n) is 16.5. The Hall–Kier alpha value is -1.81. The first kappa shape index (κ1) is 21.4. The van der Waals surface area contributed by atoms with Crippen LogP contribution in [0.1, 0.15) is 31.1 Å². The molecule has 2 aromatic rings. The molecule has 10 heteroatoms. The zero-order valence-corrected chi connectivity index (χ0v) is 18.9. The van der Waals surface area contributed by atoms with Gasteiger partial charge < -0.3 is 24.2 Å². The highest BCUT2D eigenvalue weighted by Crippen LogP contribution is 2.34. The molecule has 162 valence electrons. The first-order valence-corrected chi connectivity index (χ1v) is 11.0. The molecule has 0 radical (unpaired) electrons. The van der Waals surface area contributed by atoms with Crippen LogP contribution in [0, 0.1) is 0 Å². The molecular weight excluding hydrogens is 478 g/mol. The van der Waals surface area contributed by atoms with Gasteiger partial charge in [-0.2, -0.15) is 9.78 Å². The van der Waals surface area contributed by atoms with Gasteiger partial charge in [0.1, 0.15) is 18.0 Å². The molecule has 0 amide bonds. The molecular formula is C20H23BrClN3O5. The number of fused-ring (bicyclic) bond motifs is 1. The third-order valence-corrected chi connectivity index (χ3v) is 6.39. The third-order valence-electron chi connectivity index (χ3n) is 5.36. The van der Waals surface area contributed by atoms with Crippen molar-refractivity contribution in [1.82, 2.24) is 9.78 Å². The Morgan fingerprint density at radius 3 is 2.97 bits per heavy atom. The van der Waals surface area contributed by atoms with Gasteiger partial charge in [-0.15, -0.1) is 0 Å². The van der Waals surface area contributed by atoms with Crippen LogP contribution >= 0.6 is 27.5 Å². The molecule has 8 nitrogen and oxygen atoms in total. The predicted molar refractivity (Wildman–Crippen MR) is 116 cm³/mol. The number of rotatable bonds is 5. The van der Waals surface area contributed by atoms with Gasteiger partial charge in [-0.25, -0.2) is 0 Å². The van der Waals surface area contributed by atoms with Gasteiger partial charge in [0.05, 0.1) is 18.3 Å². The normalized spacial score (nSPS) is 21.1. The number of anilines is 1. The van der Waals surface area contributed by atoms with E-state index in [0.717, 1.165) is 29.3 Å². The summed E-state index contributed by atoms with van der Waals surface area (Å²) in [6, 6.07) is 3.64. The van der Waals surface area contributed by atoms with E-state index in [2.05, 4.69) is 21.0 Å². The second kappa shape index (κ2) is 9.13. The second-order valence-corrected chi connectivity index (χ2v) is 8.50. The van der Waals surface area contributed by atoms with E-state index >= 15 is 0 Å². The van der Waals surface area contributed by atoms with Crippen molar-refractivity contribution in [3.8, 4) is 11.5 Å². The fraction of sp³-hybridized carbons (Fsp3) is 0.500. The summed E-state index contributed by atoms with van der Waals surface area (Å²) in [6.45, 7) is 1.07. The summed E-state index contributed by atoms with van der Waals surface area (Å²) in [5, 5.41) is 15.3. The molecule has 2 atom stereocenters. The van der Waals surface area contributed by atoms with Crippen LogP contribution in [0.15, 0.2) is 27.6 Å². The van der Waals surface area contributed by atoms with Crippen LogP contribution in [0.4, 0.5) is 5.69 Å². The number of hydrogen-bond acceptors (Lipinski definition) is 7. The summed E-state index contributed by atoms with van der Waals surface area (Å²) in [4.78, 5) is 14.7. The Morgan fingerprint density at radius 1 is 1.40 bits per heavy atom. The van der Waals surface area contributed by atoms with Crippen LogP contribution < -0.4 is 19.9 Å². The van der Waals surface area contributed by atoms with Crippen molar-refractivity contribution >= 4 is 33.2 Å². The number of ether oxygens (including phenoxy) is 3. The van der Waals surface area contributed by atoms with Crippen molar-refractivity contribution in [3.63, 3.8) is 0 Å². The predicted octanol–water partition coefficient (Wildman–Crippen LogP) is 3.13. The number of methoxy groups -OCH3 is 1. The van der Waals surface area contributed by atoms with E-state index in [4.69, 9.17) is 25.8 Å². The minimum atomic E-state index is -0.881. The summed E-state index contributed by atoms with van der Waals surface area (Å²) in [5.74, 6) is 0.770. The number of halogens is 2. The molecule has 1 aromatic heterocycles. The lowest BCUT2D eigenvalue weighted by molar-refractivity contribution is -0.0433. The summed E-state index contributed by atoms with van der Waals surface area (Å²) >= 11 is 9.68. The van der Waals surface area contributed by atoms with Crippen molar-refractivity contribution < 1.29 is 19.3 Å². The van der Waals surface area contributed by atoms with E-state index in [1.165, 1.54) is 4.68 Å². The van der Waals surface area contributed by atoms with Gasteiger partial charge in [0.15, 0.2) is 12.5 Å². The fourth-order valence-corrected chi connectivity index (χ4v) is 4.66. The van der Waals surface area contributed by atoms with Crippen molar-refractivity contribution in [3.05, 3.63) is 43.7 Å². The molecule has 2 unspecified atom stereocenters. The number of aromatic nitrogens is 2. The first-order chi connectivity index (χ1) is 14.5. The summed E-state index contributed by atoms with van der Waals surface area (Å²) in [6.07, 6.45) is 3.60. The van der Waals surface area contributed by atoms with E-state index in [1.54, 1.807) is 24.3 Å². The molecule has 1 saturated heterocycles. The Bertz CT molecular complexity index is 980. The maximum absolute atomic E-state index is 13.0. The standard InChI is InChI=1S/C20H23BrClN3O5/c1-28-16-8-12(13(21)9-14(16)22)5-6-24-15-10-23-25(18-4-2-3-7-29-18)20(27)19(15)30-11-17(24)26/h8-10,17-18,26H,2-7,11H2,1H3. The average Bonchev–Trinajstić information content (AvgIpc) is 2.75. The van der Waals surface area contributed by atoms with Gasteiger partial charge in [-0.1, -0.05) is 27.5 Å².